The van der Waals surface area contributed by atoms with Crippen molar-refractivity contribution in [3.8, 4) is 0 Å². The predicted molar refractivity (Wildman–Crippen MR) is 125 cm³/mol. The number of nitrogens with one attached hydrogen (secondary N) is 1. The van der Waals surface area contributed by atoms with E-state index in [0.717, 1.165) is 24.9 Å². The van der Waals surface area contributed by atoms with E-state index in [2.05, 4.69) is 24.1 Å². The first-order valence-electron chi connectivity index (χ1n) is 11.6. The van der Waals surface area contributed by atoms with Crippen molar-refractivity contribution in [1.29, 1.82) is 0 Å². The highest BCUT2D eigenvalue weighted by molar-refractivity contribution is 6.23. The number of anilines is 1. The van der Waals surface area contributed by atoms with Crippen LogP contribution in [0.15, 0.2) is 42.5 Å². The largest absolute Gasteiger partial charge is 0.370 e. The molecule has 33 heavy (non-hydrogen) atoms. The first-order valence-corrected chi connectivity index (χ1v) is 11.6. The zero-order valence-corrected chi connectivity index (χ0v) is 19.1. The Balaban J connectivity index is 1.50. The number of hydrogen-bond acceptors (Lipinski definition) is 4. The third kappa shape index (κ3) is 4.92. The topological polar surface area (TPSA) is 69.7 Å². The molecule has 0 bridgehead atoms. The molecule has 174 valence electrons. The number of piperidine rings is 1. The fraction of sp³-hybridized carbons (Fsp3) is 0.423. The van der Waals surface area contributed by atoms with Crippen molar-refractivity contribution in [2.75, 3.05) is 31.1 Å². The lowest BCUT2D eigenvalue weighted by Crippen LogP contribution is -2.44. The molecular weight excluding hydrogens is 421 g/mol. The third-order valence-electron chi connectivity index (χ3n) is 6.31. The van der Waals surface area contributed by atoms with Crippen molar-refractivity contribution in [2.24, 2.45) is 11.8 Å². The number of amides is 3. The minimum absolute atomic E-state index is 0.0418. The highest BCUT2D eigenvalue weighted by Crippen LogP contribution is 2.34. The second-order valence-electron chi connectivity index (χ2n) is 9.27. The van der Waals surface area contributed by atoms with Crippen LogP contribution < -0.4 is 10.2 Å². The standard InChI is InChI=1S/C26H30FN3O3/c1-17(2)15-28-24(31)19-7-5-12-29(16-19)22-10-4-9-21-23(22)26(33)30(25(21)32)13-11-18-6-3-8-20(27)14-18/h3-4,6,8-10,14,17,19H,5,7,11-13,15-16H2,1-2H3,(H,28,31)/t19-/m1/s1. The molecule has 2 aliphatic heterocycles. The van der Waals surface area contributed by atoms with Gasteiger partial charge in [-0.15, -0.1) is 0 Å². The van der Waals surface area contributed by atoms with Crippen molar-refractivity contribution in [3.63, 3.8) is 0 Å². The molecule has 7 heteroatoms. The van der Waals surface area contributed by atoms with Gasteiger partial charge in [-0.2, -0.15) is 0 Å². The van der Waals surface area contributed by atoms with Gasteiger partial charge in [-0.05, 0) is 55.0 Å². The van der Waals surface area contributed by atoms with Gasteiger partial charge in [-0.3, -0.25) is 19.3 Å². The number of rotatable bonds is 7. The SMILES string of the molecule is CC(C)CNC(=O)[C@@H]1CCCN(c2cccc3c2C(=O)N(CCc2cccc(F)c2)C3=O)C1. The van der Waals surface area contributed by atoms with Crippen molar-refractivity contribution in [1.82, 2.24) is 10.2 Å². The van der Waals surface area contributed by atoms with Crippen LogP contribution in [0.2, 0.25) is 0 Å². The minimum atomic E-state index is -0.339. The van der Waals surface area contributed by atoms with E-state index in [1.165, 1.54) is 17.0 Å². The maximum Gasteiger partial charge on any atom is 0.263 e. The molecule has 1 saturated heterocycles. The molecule has 0 saturated carbocycles. The van der Waals surface area contributed by atoms with E-state index in [4.69, 9.17) is 0 Å². The van der Waals surface area contributed by atoms with E-state index < -0.39 is 0 Å². The fourth-order valence-corrected chi connectivity index (χ4v) is 4.57. The van der Waals surface area contributed by atoms with Gasteiger partial charge >= 0.3 is 0 Å². The van der Waals surface area contributed by atoms with Crippen molar-refractivity contribution < 1.29 is 18.8 Å². The quantitative estimate of drug-likeness (QED) is 0.653. The number of nitrogens with zero attached hydrogens (tertiary/aromatic N) is 2. The molecule has 0 unspecified atom stereocenters. The summed E-state index contributed by atoms with van der Waals surface area (Å²) < 4.78 is 13.5. The van der Waals surface area contributed by atoms with Gasteiger partial charge in [0.15, 0.2) is 0 Å². The van der Waals surface area contributed by atoms with Gasteiger partial charge < -0.3 is 10.2 Å². The van der Waals surface area contributed by atoms with E-state index in [0.29, 0.717) is 42.2 Å². The van der Waals surface area contributed by atoms with Crippen LogP contribution in [-0.4, -0.2) is 48.8 Å². The molecule has 2 aliphatic rings. The zero-order valence-electron chi connectivity index (χ0n) is 19.1. The Bertz CT molecular complexity index is 1070. The highest BCUT2D eigenvalue weighted by atomic mass is 19.1. The van der Waals surface area contributed by atoms with Crippen LogP contribution in [0.5, 0.6) is 0 Å². The predicted octanol–water partition coefficient (Wildman–Crippen LogP) is 3.65. The average Bonchev–Trinajstić information content (AvgIpc) is 3.06. The summed E-state index contributed by atoms with van der Waals surface area (Å²) in [6.07, 6.45) is 2.04. The van der Waals surface area contributed by atoms with Gasteiger partial charge in [-0.25, -0.2) is 4.39 Å². The summed E-state index contributed by atoms with van der Waals surface area (Å²) in [7, 11) is 0. The molecule has 3 amide bonds. The molecule has 0 spiro atoms. The lowest BCUT2D eigenvalue weighted by atomic mass is 9.95. The van der Waals surface area contributed by atoms with E-state index in [1.54, 1.807) is 24.3 Å². The molecule has 0 radical (unpaired) electrons. The number of fused-ring (bicyclic) bond motifs is 1. The Kier molecular flexibility index (Phi) is 6.77. The summed E-state index contributed by atoms with van der Waals surface area (Å²) in [4.78, 5) is 42.2. The Morgan fingerprint density at radius 2 is 1.94 bits per heavy atom. The number of carbonyl (C=O) groups excluding carboxylic acids is 3. The Morgan fingerprint density at radius 1 is 1.15 bits per heavy atom. The van der Waals surface area contributed by atoms with E-state index in [1.807, 2.05) is 6.07 Å². The molecule has 6 nitrogen and oxygen atoms in total. The van der Waals surface area contributed by atoms with Crippen LogP contribution in [0.3, 0.4) is 0 Å². The van der Waals surface area contributed by atoms with Gasteiger partial charge in [0.05, 0.1) is 22.7 Å². The van der Waals surface area contributed by atoms with Gasteiger partial charge in [0.25, 0.3) is 11.8 Å². The minimum Gasteiger partial charge on any atom is -0.370 e. The Labute approximate surface area is 193 Å². The van der Waals surface area contributed by atoms with Gasteiger partial charge in [0.1, 0.15) is 5.82 Å². The highest BCUT2D eigenvalue weighted by Gasteiger charge is 2.39. The molecule has 0 aromatic heterocycles. The molecule has 2 aromatic carbocycles. The summed E-state index contributed by atoms with van der Waals surface area (Å²) in [5.41, 5.74) is 2.24. The summed E-state index contributed by atoms with van der Waals surface area (Å²) in [5.74, 6) is -0.711. The molecule has 4 rings (SSSR count). The van der Waals surface area contributed by atoms with Gasteiger partial charge in [-0.1, -0.05) is 32.0 Å². The second kappa shape index (κ2) is 9.73. The lowest BCUT2D eigenvalue weighted by molar-refractivity contribution is -0.125. The monoisotopic (exact) mass is 451 g/mol. The van der Waals surface area contributed by atoms with Crippen LogP contribution in [-0.2, 0) is 11.2 Å². The normalized spacial score (nSPS) is 18.1. The maximum absolute atomic E-state index is 13.5. The number of benzene rings is 2. The number of hydrogen-bond donors (Lipinski definition) is 1. The molecular formula is C26H30FN3O3. The number of imide groups is 1. The smallest absolute Gasteiger partial charge is 0.263 e. The van der Waals surface area contributed by atoms with E-state index in [-0.39, 0.29) is 36.0 Å². The summed E-state index contributed by atoms with van der Waals surface area (Å²) in [6.45, 7) is 6.20. The van der Waals surface area contributed by atoms with Crippen molar-refractivity contribution in [3.05, 3.63) is 65.0 Å². The zero-order chi connectivity index (χ0) is 23.5. The molecule has 2 aromatic rings. The first kappa shape index (κ1) is 23.0. The van der Waals surface area contributed by atoms with Crippen molar-refractivity contribution >= 4 is 23.4 Å². The Hall–Kier alpha value is -3.22. The molecule has 1 atom stereocenters. The molecule has 1 fully saturated rings. The number of halogens is 1. The van der Waals surface area contributed by atoms with Gasteiger partial charge in [0, 0.05) is 26.2 Å². The van der Waals surface area contributed by atoms with E-state index in [9.17, 15) is 18.8 Å². The second-order valence-corrected chi connectivity index (χ2v) is 9.27. The summed E-state index contributed by atoms with van der Waals surface area (Å²) in [6, 6.07) is 11.5. The third-order valence-corrected chi connectivity index (χ3v) is 6.31. The van der Waals surface area contributed by atoms with Crippen LogP contribution in [0.25, 0.3) is 0 Å². The Morgan fingerprint density at radius 3 is 2.70 bits per heavy atom. The summed E-state index contributed by atoms with van der Waals surface area (Å²) in [5, 5.41) is 3.01. The molecule has 1 N–H and O–H groups in total. The first-order chi connectivity index (χ1) is 15.8. The van der Waals surface area contributed by atoms with Gasteiger partial charge in [0.2, 0.25) is 5.91 Å². The maximum atomic E-state index is 13.5. The average molecular weight is 452 g/mol. The van der Waals surface area contributed by atoms with Crippen LogP contribution in [0.4, 0.5) is 10.1 Å². The van der Waals surface area contributed by atoms with Crippen LogP contribution in [0.1, 0.15) is 53.0 Å². The van der Waals surface area contributed by atoms with Crippen LogP contribution >= 0.6 is 0 Å². The molecule has 0 aliphatic carbocycles. The number of carbonyl (C=O) groups is 3. The summed E-state index contributed by atoms with van der Waals surface area (Å²) >= 11 is 0. The van der Waals surface area contributed by atoms with Crippen LogP contribution in [0, 0.1) is 17.7 Å². The van der Waals surface area contributed by atoms with Crippen molar-refractivity contribution in [2.45, 2.75) is 33.1 Å². The molecule has 2 heterocycles. The van der Waals surface area contributed by atoms with E-state index >= 15 is 0 Å². The fourth-order valence-electron chi connectivity index (χ4n) is 4.57. The lowest BCUT2D eigenvalue weighted by Gasteiger charge is -2.34.